The van der Waals surface area contributed by atoms with Crippen molar-refractivity contribution in [1.29, 1.82) is 0 Å². The summed E-state index contributed by atoms with van der Waals surface area (Å²) < 4.78 is 2.19. The Morgan fingerprint density at radius 2 is 2.05 bits per heavy atom. The Morgan fingerprint density at radius 3 is 2.85 bits per heavy atom. The SMILES string of the molecule is Cn1c(C=NC/C=C/C2CCCC2)cc2ccccc21. The number of rotatable bonds is 4. The van der Waals surface area contributed by atoms with E-state index in [0.717, 1.165) is 12.5 Å². The molecule has 1 aliphatic carbocycles. The maximum absolute atomic E-state index is 4.53. The van der Waals surface area contributed by atoms with E-state index in [9.17, 15) is 0 Å². The van der Waals surface area contributed by atoms with Crippen molar-refractivity contribution in [3.63, 3.8) is 0 Å². The molecule has 0 amide bonds. The monoisotopic (exact) mass is 266 g/mol. The molecule has 0 aliphatic heterocycles. The lowest BCUT2D eigenvalue weighted by Crippen LogP contribution is -1.94. The number of nitrogens with zero attached hydrogens (tertiary/aromatic N) is 2. The lowest BCUT2D eigenvalue weighted by Gasteiger charge is -1.99. The molecule has 1 saturated carbocycles. The van der Waals surface area contributed by atoms with Crippen LogP contribution in [0.1, 0.15) is 31.4 Å². The van der Waals surface area contributed by atoms with Crippen LogP contribution >= 0.6 is 0 Å². The van der Waals surface area contributed by atoms with Crippen LogP contribution in [-0.2, 0) is 7.05 Å². The van der Waals surface area contributed by atoms with Crippen LogP contribution in [0.3, 0.4) is 0 Å². The zero-order valence-electron chi connectivity index (χ0n) is 12.1. The molecule has 2 heteroatoms. The predicted octanol–water partition coefficient (Wildman–Crippen LogP) is 4.34. The number of aryl methyl sites for hydroxylation is 1. The molecule has 1 aliphatic rings. The molecule has 2 nitrogen and oxygen atoms in total. The zero-order chi connectivity index (χ0) is 13.8. The average Bonchev–Trinajstić information content (AvgIpc) is 3.08. The number of hydrogen-bond donors (Lipinski definition) is 0. The Hall–Kier alpha value is -1.83. The van der Waals surface area contributed by atoms with Gasteiger partial charge in [-0.15, -0.1) is 0 Å². The summed E-state index contributed by atoms with van der Waals surface area (Å²) in [5.74, 6) is 0.808. The standard InChI is InChI=1S/C18H22N2/c1-20-17(13-16-10-4-5-11-18(16)20)14-19-12-6-9-15-7-2-3-8-15/h4-6,9-11,13-15H,2-3,7-8,12H2,1H3/b9-6+,19-14?. The minimum Gasteiger partial charge on any atom is -0.343 e. The molecule has 0 radical (unpaired) electrons. The fourth-order valence-corrected chi connectivity index (χ4v) is 3.04. The van der Waals surface area contributed by atoms with Crippen LogP contribution < -0.4 is 0 Å². The summed E-state index contributed by atoms with van der Waals surface area (Å²) in [6.45, 7) is 0.790. The lowest BCUT2D eigenvalue weighted by atomic mass is 10.1. The van der Waals surface area contributed by atoms with Crippen molar-refractivity contribution in [3.8, 4) is 0 Å². The number of allylic oxidation sites excluding steroid dienone is 1. The number of aromatic nitrogens is 1. The van der Waals surface area contributed by atoms with E-state index in [1.54, 1.807) is 0 Å². The highest BCUT2D eigenvalue weighted by Crippen LogP contribution is 2.25. The van der Waals surface area contributed by atoms with Gasteiger partial charge in [0.15, 0.2) is 0 Å². The molecule has 1 aromatic carbocycles. The normalized spacial score (nSPS) is 17.1. The van der Waals surface area contributed by atoms with E-state index < -0.39 is 0 Å². The van der Waals surface area contributed by atoms with Crippen LogP contribution in [0.4, 0.5) is 0 Å². The molecule has 2 aromatic rings. The van der Waals surface area contributed by atoms with Crippen molar-refractivity contribution < 1.29 is 0 Å². The second-order valence-corrected chi connectivity index (χ2v) is 5.65. The summed E-state index contributed by atoms with van der Waals surface area (Å²) in [6.07, 6.45) is 12.1. The molecule has 0 atom stereocenters. The number of hydrogen-bond acceptors (Lipinski definition) is 1. The first-order chi connectivity index (χ1) is 9.84. The van der Waals surface area contributed by atoms with Crippen LogP contribution in [0.15, 0.2) is 47.5 Å². The molecule has 0 saturated heterocycles. The minimum atomic E-state index is 0.790. The van der Waals surface area contributed by atoms with Crippen molar-refractivity contribution >= 4 is 17.1 Å². The van der Waals surface area contributed by atoms with Gasteiger partial charge in [0.1, 0.15) is 0 Å². The van der Waals surface area contributed by atoms with Gasteiger partial charge in [-0.2, -0.15) is 0 Å². The number of aliphatic imine (C=N–C) groups is 1. The Bertz CT molecular complexity index is 628. The van der Waals surface area contributed by atoms with Gasteiger partial charge in [-0.25, -0.2) is 0 Å². The van der Waals surface area contributed by atoms with E-state index in [1.807, 2.05) is 6.21 Å². The first-order valence-electron chi connectivity index (χ1n) is 7.55. The van der Waals surface area contributed by atoms with E-state index in [1.165, 1.54) is 42.3 Å². The first kappa shape index (κ1) is 13.2. The van der Waals surface area contributed by atoms with Gasteiger partial charge >= 0.3 is 0 Å². The molecule has 1 heterocycles. The van der Waals surface area contributed by atoms with Crippen molar-refractivity contribution in [2.75, 3.05) is 6.54 Å². The maximum Gasteiger partial charge on any atom is 0.0596 e. The summed E-state index contributed by atoms with van der Waals surface area (Å²) in [5.41, 5.74) is 2.43. The molecule has 104 valence electrons. The number of para-hydroxylation sites is 1. The Labute approximate surface area is 120 Å². The molecule has 20 heavy (non-hydrogen) atoms. The molecular formula is C18H22N2. The van der Waals surface area contributed by atoms with Gasteiger partial charge in [0.25, 0.3) is 0 Å². The first-order valence-corrected chi connectivity index (χ1v) is 7.55. The highest BCUT2D eigenvalue weighted by molar-refractivity contribution is 5.90. The van der Waals surface area contributed by atoms with Crippen LogP contribution in [-0.4, -0.2) is 17.3 Å². The highest BCUT2D eigenvalue weighted by Gasteiger charge is 2.10. The molecule has 0 spiro atoms. The van der Waals surface area contributed by atoms with Crippen molar-refractivity contribution in [3.05, 3.63) is 48.2 Å². The van der Waals surface area contributed by atoms with Gasteiger partial charge in [-0.05, 0) is 30.9 Å². The Morgan fingerprint density at radius 1 is 1.25 bits per heavy atom. The average molecular weight is 266 g/mol. The third kappa shape index (κ3) is 2.84. The van der Waals surface area contributed by atoms with Crippen LogP contribution in [0.2, 0.25) is 0 Å². The van der Waals surface area contributed by atoms with Crippen molar-refractivity contribution in [2.45, 2.75) is 25.7 Å². The summed E-state index contributed by atoms with van der Waals surface area (Å²) in [4.78, 5) is 4.53. The molecular weight excluding hydrogens is 244 g/mol. The van der Waals surface area contributed by atoms with Gasteiger partial charge in [-0.3, -0.25) is 4.99 Å². The van der Waals surface area contributed by atoms with E-state index in [-0.39, 0.29) is 0 Å². The van der Waals surface area contributed by atoms with E-state index in [4.69, 9.17) is 0 Å². The smallest absolute Gasteiger partial charge is 0.0596 e. The second-order valence-electron chi connectivity index (χ2n) is 5.65. The van der Waals surface area contributed by atoms with E-state index in [2.05, 4.69) is 59.1 Å². The van der Waals surface area contributed by atoms with Crippen LogP contribution in [0, 0.1) is 5.92 Å². The molecule has 1 aromatic heterocycles. The fraction of sp³-hybridized carbons (Fsp3) is 0.389. The molecule has 1 fully saturated rings. The summed E-state index contributed by atoms with van der Waals surface area (Å²) in [5, 5.41) is 1.28. The quantitative estimate of drug-likeness (QED) is 0.578. The zero-order valence-corrected chi connectivity index (χ0v) is 12.1. The Kier molecular flexibility index (Phi) is 4.00. The van der Waals surface area contributed by atoms with Gasteiger partial charge in [0, 0.05) is 24.2 Å². The summed E-state index contributed by atoms with van der Waals surface area (Å²) in [6, 6.07) is 10.6. The largest absolute Gasteiger partial charge is 0.343 e. The highest BCUT2D eigenvalue weighted by atomic mass is 15.0. The summed E-state index contributed by atoms with van der Waals surface area (Å²) in [7, 11) is 2.10. The van der Waals surface area contributed by atoms with E-state index in [0.29, 0.717) is 0 Å². The molecule has 0 bridgehead atoms. The van der Waals surface area contributed by atoms with Gasteiger partial charge in [0.05, 0.1) is 12.2 Å². The maximum atomic E-state index is 4.53. The topological polar surface area (TPSA) is 17.3 Å². The molecule has 3 rings (SSSR count). The predicted molar refractivity (Wildman–Crippen MR) is 86.5 cm³/mol. The minimum absolute atomic E-state index is 0.790. The molecule has 0 N–H and O–H groups in total. The van der Waals surface area contributed by atoms with Crippen molar-refractivity contribution in [1.82, 2.24) is 4.57 Å². The third-order valence-electron chi connectivity index (χ3n) is 4.23. The number of benzene rings is 1. The van der Waals surface area contributed by atoms with Crippen LogP contribution in [0.5, 0.6) is 0 Å². The van der Waals surface area contributed by atoms with Crippen LogP contribution in [0.25, 0.3) is 10.9 Å². The van der Waals surface area contributed by atoms with Gasteiger partial charge in [-0.1, -0.05) is 43.2 Å². The Balaban J connectivity index is 1.63. The fourth-order valence-electron chi connectivity index (χ4n) is 3.04. The number of fused-ring (bicyclic) bond motifs is 1. The lowest BCUT2D eigenvalue weighted by molar-refractivity contribution is 0.684. The second kappa shape index (κ2) is 6.08. The summed E-state index contributed by atoms with van der Waals surface area (Å²) >= 11 is 0. The van der Waals surface area contributed by atoms with E-state index >= 15 is 0 Å². The molecule has 0 unspecified atom stereocenters. The van der Waals surface area contributed by atoms with Gasteiger partial charge in [0.2, 0.25) is 0 Å². The van der Waals surface area contributed by atoms with Crippen molar-refractivity contribution in [2.24, 2.45) is 18.0 Å². The van der Waals surface area contributed by atoms with Gasteiger partial charge < -0.3 is 4.57 Å². The third-order valence-corrected chi connectivity index (χ3v) is 4.23.